The number of fused-ring (bicyclic) bond motifs is 1. The number of ether oxygens (including phenoxy) is 4. The summed E-state index contributed by atoms with van der Waals surface area (Å²) in [6, 6.07) is 8.44. The van der Waals surface area contributed by atoms with E-state index >= 15 is 0 Å². The van der Waals surface area contributed by atoms with E-state index in [1.807, 2.05) is 13.0 Å². The monoisotopic (exact) mass is 344 g/mol. The molecule has 3 rings (SSSR count). The van der Waals surface area contributed by atoms with Gasteiger partial charge in [0.05, 0.1) is 27.2 Å². The zero-order valence-corrected chi connectivity index (χ0v) is 14.4. The number of hydrogen-bond donors (Lipinski definition) is 1. The molecule has 2 aromatic carbocycles. The summed E-state index contributed by atoms with van der Waals surface area (Å²) in [4.78, 5) is 12.5. The third-order valence-electron chi connectivity index (χ3n) is 4.06. The topological polar surface area (TPSA) is 74.2 Å². The highest BCUT2D eigenvalue weighted by molar-refractivity contribution is 6.02. The number of rotatable bonds is 5. The molecule has 1 aliphatic heterocycles. The van der Waals surface area contributed by atoms with Gasteiger partial charge in [-0.25, -0.2) is 0 Å². The average molecular weight is 344 g/mol. The third kappa shape index (κ3) is 3.20. The van der Waals surface area contributed by atoms with Crippen molar-refractivity contribution in [2.45, 2.75) is 19.4 Å². The first-order valence-corrected chi connectivity index (χ1v) is 7.99. The van der Waals surface area contributed by atoms with Crippen LogP contribution in [-0.4, -0.2) is 31.7 Å². The lowest BCUT2D eigenvalue weighted by atomic mass is 9.95. The Hall–Kier alpha value is -2.89. The van der Waals surface area contributed by atoms with E-state index in [1.165, 1.54) is 6.07 Å². The molecular weight excluding hydrogens is 324 g/mol. The van der Waals surface area contributed by atoms with Crippen LogP contribution in [0.4, 0.5) is 0 Å². The lowest BCUT2D eigenvalue weighted by Crippen LogP contribution is -2.20. The van der Waals surface area contributed by atoms with Crippen LogP contribution >= 0.6 is 0 Å². The summed E-state index contributed by atoms with van der Waals surface area (Å²) in [5.74, 6) is 1.63. The second-order valence-electron chi connectivity index (χ2n) is 5.60. The van der Waals surface area contributed by atoms with Gasteiger partial charge in [-0.1, -0.05) is 6.07 Å². The van der Waals surface area contributed by atoms with E-state index in [9.17, 15) is 9.90 Å². The Kier molecular flexibility index (Phi) is 4.70. The van der Waals surface area contributed by atoms with Crippen LogP contribution in [0, 0.1) is 0 Å². The van der Waals surface area contributed by atoms with Crippen LogP contribution in [0.2, 0.25) is 0 Å². The predicted molar refractivity (Wildman–Crippen MR) is 91.1 cm³/mol. The lowest BCUT2D eigenvalue weighted by molar-refractivity contribution is 0.0844. The quantitative estimate of drug-likeness (QED) is 0.895. The van der Waals surface area contributed by atoms with Crippen molar-refractivity contribution < 1.29 is 28.8 Å². The molecule has 132 valence electrons. The molecular formula is C19H20O6. The molecule has 1 atom stereocenters. The highest BCUT2D eigenvalue weighted by atomic mass is 16.5. The fourth-order valence-corrected chi connectivity index (χ4v) is 2.90. The van der Waals surface area contributed by atoms with Crippen LogP contribution in [0.3, 0.4) is 0 Å². The minimum absolute atomic E-state index is 0.128. The first-order valence-electron chi connectivity index (χ1n) is 7.99. The van der Waals surface area contributed by atoms with Crippen LogP contribution in [0.1, 0.15) is 35.4 Å². The average Bonchev–Trinajstić information content (AvgIpc) is 2.60. The molecule has 6 nitrogen and oxygen atoms in total. The molecule has 0 spiro atoms. The SMILES string of the molecule is CCOc1cc(O)c2c(c1)OC(c1ccc(OC)c(OC)c1)CC2=O. The van der Waals surface area contributed by atoms with Gasteiger partial charge in [0.15, 0.2) is 17.3 Å². The largest absolute Gasteiger partial charge is 0.507 e. The number of phenolic OH excluding ortho intramolecular Hbond substituents is 1. The number of hydrogen-bond acceptors (Lipinski definition) is 6. The van der Waals surface area contributed by atoms with Gasteiger partial charge in [0.25, 0.3) is 0 Å². The second kappa shape index (κ2) is 6.93. The fraction of sp³-hybridized carbons (Fsp3) is 0.316. The summed E-state index contributed by atoms with van der Waals surface area (Å²) in [6.07, 6.45) is -0.347. The summed E-state index contributed by atoms with van der Waals surface area (Å²) < 4.78 is 21.9. The van der Waals surface area contributed by atoms with Crippen LogP contribution in [0.15, 0.2) is 30.3 Å². The molecule has 1 unspecified atom stereocenters. The van der Waals surface area contributed by atoms with Crippen LogP contribution in [0.5, 0.6) is 28.7 Å². The van der Waals surface area contributed by atoms with Crippen molar-refractivity contribution in [1.29, 1.82) is 0 Å². The van der Waals surface area contributed by atoms with Gasteiger partial charge in [-0.05, 0) is 24.6 Å². The van der Waals surface area contributed by atoms with E-state index in [4.69, 9.17) is 18.9 Å². The third-order valence-corrected chi connectivity index (χ3v) is 4.06. The number of phenols is 1. The van der Waals surface area contributed by atoms with E-state index in [0.29, 0.717) is 29.6 Å². The molecule has 0 bridgehead atoms. The van der Waals surface area contributed by atoms with Crippen molar-refractivity contribution in [3.05, 3.63) is 41.5 Å². The van der Waals surface area contributed by atoms with Gasteiger partial charge in [0, 0.05) is 12.1 Å². The van der Waals surface area contributed by atoms with E-state index < -0.39 is 6.10 Å². The number of ketones is 1. The second-order valence-corrected chi connectivity index (χ2v) is 5.60. The number of carbonyl (C=O) groups excluding carboxylic acids is 1. The minimum Gasteiger partial charge on any atom is -0.507 e. The van der Waals surface area contributed by atoms with Gasteiger partial charge >= 0.3 is 0 Å². The Morgan fingerprint density at radius 2 is 1.92 bits per heavy atom. The normalized spacial score (nSPS) is 16.0. The summed E-state index contributed by atoms with van der Waals surface area (Å²) >= 11 is 0. The zero-order chi connectivity index (χ0) is 18.0. The van der Waals surface area contributed by atoms with Crippen molar-refractivity contribution in [1.82, 2.24) is 0 Å². The van der Waals surface area contributed by atoms with Crippen molar-refractivity contribution in [2.24, 2.45) is 0 Å². The summed E-state index contributed by atoms with van der Waals surface area (Å²) in [6.45, 7) is 2.29. The molecule has 0 saturated heterocycles. The van der Waals surface area contributed by atoms with Gasteiger partial charge in [0.1, 0.15) is 28.9 Å². The molecule has 1 N–H and O–H groups in total. The standard InChI is InChI=1S/C19H20O6/c1-4-24-12-8-13(20)19-14(21)10-16(25-18(19)9-12)11-5-6-15(22-2)17(7-11)23-3/h5-9,16,20H,4,10H2,1-3H3. The highest BCUT2D eigenvalue weighted by Crippen LogP contribution is 2.43. The molecule has 1 aliphatic rings. The molecule has 0 radical (unpaired) electrons. The molecule has 0 fully saturated rings. The maximum Gasteiger partial charge on any atom is 0.174 e. The van der Waals surface area contributed by atoms with E-state index in [2.05, 4.69) is 0 Å². The molecule has 0 saturated carbocycles. The smallest absolute Gasteiger partial charge is 0.174 e. The van der Waals surface area contributed by atoms with Gasteiger partial charge in [-0.3, -0.25) is 4.79 Å². The van der Waals surface area contributed by atoms with Gasteiger partial charge in [-0.15, -0.1) is 0 Å². The van der Waals surface area contributed by atoms with Crippen molar-refractivity contribution in [2.75, 3.05) is 20.8 Å². The maximum absolute atomic E-state index is 12.5. The maximum atomic E-state index is 12.5. The van der Waals surface area contributed by atoms with Crippen LogP contribution in [-0.2, 0) is 0 Å². The van der Waals surface area contributed by atoms with Crippen molar-refractivity contribution in [3.63, 3.8) is 0 Å². The number of methoxy groups -OCH3 is 2. The van der Waals surface area contributed by atoms with Crippen LogP contribution < -0.4 is 18.9 Å². The van der Waals surface area contributed by atoms with E-state index in [1.54, 1.807) is 32.4 Å². The lowest BCUT2D eigenvalue weighted by Gasteiger charge is -2.27. The highest BCUT2D eigenvalue weighted by Gasteiger charge is 2.31. The molecule has 2 aromatic rings. The molecule has 6 heteroatoms. The predicted octanol–water partition coefficient (Wildman–Crippen LogP) is 3.51. The summed E-state index contributed by atoms with van der Waals surface area (Å²) in [5.41, 5.74) is 0.984. The number of carbonyl (C=O) groups is 1. The Balaban J connectivity index is 1.96. The Morgan fingerprint density at radius 3 is 2.60 bits per heavy atom. The van der Waals surface area contributed by atoms with E-state index in [0.717, 1.165) is 5.56 Å². The van der Waals surface area contributed by atoms with Gasteiger partial charge < -0.3 is 24.1 Å². The Bertz CT molecular complexity index is 799. The Labute approximate surface area is 145 Å². The summed E-state index contributed by atoms with van der Waals surface area (Å²) in [7, 11) is 3.11. The van der Waals surface area contributed by atoms with Crippen molar-refractivity contribution in [3.8, 4) is 28.7 Å². The number of Topliss-reactive ketones (excluding diaryl/α,β-unsaturated/α-hetero) is 1. The number of benzene rings is 2. The first-order chi connectivity index (χ1) is 12.1. The molecule has 0 aromatic heterocycles. The molecule has 1 heterocycles. The molecule has 0 aliphatic carbocycles. The minimum atomic E-state index is -0.476. The van der Waals surface area contributed by atoms with Gasteiger partial charge in [-0.2, -0.15) is 0 Å². The first kappa shape index (κ1) is 17.0. The molecule has 0 amide bonds. The zero-order valence-electron chi connectivity index (χ0n) is 14.4. The van der Waals surface area contributed by atoms with Crippen molar-refractivity contribution >= 4 is 5.78 Å². The fourth-order valence-electron chi connectivity index (χ4n) is 2.90. The number of aromatic hydroxyl groups is 1. The van der Waals surface area contributed by atoms with Gasteiger partial charge in [0.2, 0.25) is 0 Å². The Morgan fingerprint density at radius 1 is 1.16 bits per heavy atom. The summed E-state index contributed by atoms with van der Waals surface area (Å²) in [5, 5.41) is 10.1. The van der Waals surface area contributed by atoms with E-state index in [-0.39, 0.29) is 23.5 Å². The molecule has 25 heavy (non-hydrogen) atoms. The van der Waals surface area contributed by atoms with Crippen LogP contribution in [0.25, 0.3) is 0 Å².